The van der Waals surface area contributed by atoms with Crippen molar-refractivity contribution < 1.29 is 70.8 Å². The number of aliphatic hydroxyl groups is 2. The Hall–Kier alpha value is -7.42. The number of aryl methyl sites for hydroxylation is 4. The van der Waals surface area contributed by atoms with Gasteiger partial charge in [-0.15, -0.1) is 0 Å². The van der Waals surface area contributed by atoms with Crippen LogP contribution in [0.3, 0.4) is 0 Å². The van der Waals surface area contributed by atoms with E-state index in [9.17, 15) is 14.6 Å². The van der Waals surface area contributed by atoms with Crippen molar-refractivity contribution in [1.82, 2.24) is 0 Å². The Bertz CT molecular complexity index is 3840. The van der Waals surface area contributed by atoms with Gasteiger partial charge in [0, 0.05) is 68.5 Å². The van der Waals surface area contributed by atoms with Gasteiger partial charge in [0.25, 0.3) is 0 Å². The summed E-state index contributed by atoms with van der Waals surface area (Å²) in [6.07, 6.45) is -9.41. The third-order valence-electron chi connectivity index (χ3n) is 17.9. The van der Waals surface area contributed by atoms with Crippen LogP contribution >= 0.6 is 47.0 Å². The number of thioether (sulfide) groups is 4. The Morgan fingerprint density at radius 1 is 0.435 bits per heavy atom. The summed E-state index contributed by atoms with van der Waals surface area (Å²) in [7, 11) is 0. The first kappa shape index (κ1) is 84.6. The lowest BCUT2D eigenvalue weighted by atomic mass is 9.97. The first-order valence-corrected chi connectivity index (χ1v) is 38.8. The van der Waals surface area contributed by atoms with E-state index in [1.807, 2.05) is 199 Å². The molecule has 22 atom stereocenters. The molecule has 6 saturated heterocycles. The van der Waals surface area contributed by atoms with Crippen LogP contribution < -0.4 is 0 Å². The molecule has 2 unspecified atom stereocenters. The molecule has 6 aromatic rings. The van der Waals surface area contributed by atoms with E-state index in [0.717, 1.165) is 78.6 Å². The molecule has 12 rings (SSSR count). The maximum atomic E-state index is 15.3. The van der Waals surface area contributed by atoms with Crippen molar-refractivity contribution in [2.45, 2.75) is 219 Å². The second kappa shape index (κ2) is 43.8. The zero-order chi connectivity index (χ0) is 76.9. The Kier molecular flexibility index (Phi) is 34.3. The molecular formula is C74H88F3N15O12S4. The number of benzene rings is 6. The van der Waals surface area contributed by atoms with Crippen LogP contribution in [-0.4, -0.2) is 169 Å². The Balaban J connectivity index is 0.000000166. The second-order valence-electron chi connectivity index (χ2n) is 25.8. The summed E-state index contributed by atoms with van der Waals surface area (Å²) in [6.45, 7) is 12.8. The molecule has 6 heterocycles. The number of ether oxygens (including phenoxy) is 10. The lowest BCUT2D eigenvalue weighted by Crippen LogP contribution is -2.60. The zero-order valence-electron chi connectivity index (χ0n) is 60.2. The SMILES string of the molecule is CCCCO[C@H]1[C@H](F)[C@@H](N=[N+]=[N-])[C@H](Sc2ccc(C)cc2)O[C@@H]1CN=[N+]=[N-].CCCCO[C@H]1[C@H](F)[C@@H](N=[N+]=[N-])[C@H](Sc2ccc(C)cc2)O[C@@H]1CO.Cc1ccc(S[C@@H]2O[C@@H]3COC(c4ccccc4)O[C@H]3[C@@H](O)[C@H]2N=[N+]=[N-])cc1.Cc1ccc(S[C@@H]2O[C@@H]3COC(c4ccccc4)O[C@H]3[C@H](F)[C@H]2N=[N+]=[N-])cc1. The fourth-order valence-electron chi connectivity index (χ4n) is 12.1. The highest BCUT2D eigenvalue weighted by molar-refractivity contribution is 8.00. The topological polar surface area (TPSA) is 377 Å². The van der Waals surface area contributed by atoms with Crippen molar-refractivity contribution >= 4 is 47.0 Å². The van der Waals surface area contributed by atoms with Gasteiger partial charge in [-0.2, -0.15) is 0 Å². The molecule has 0 radical (unpaired) electrons. The van der Waals surface area contributed by atoms with Crippen molar-refractivity contribution in [2.75, 3.05) is 39.6 Å². The minimum Gasteiger partial charge on any atom is -0.394 e. The molecule has 6 aromatic carbocycles. The van der Waals surface area contributed by atoms with Gasteiger partial charge in [-0.1, -0.05) is 231 Å². The summed E-state index contributed by atoms with van der Waals surface area (Å²) >= 11 is 5.32. The number of alkyl halides is 3. The lowest BCUT2D eigenvalue weighted by Gasteiger charge is -2.46. The molecule has 6 aliphatic heterocycles. The monoisotopic (exact) mass is 1560 g/mol. The minimum absolute atomic E-state index is 0.0539. The zero-order valence-corrected chi connectivity index (χ0v) is 63.5. The molecular weight excluding hydrogens is 1480 g/mol. The van der Waals surface area contributed by atoms with Crippen LogP contribution in [0.5, 0.6) is 0 Å². The molecule has 6 aliphatic rings. The minimum atomic E-state index is -1.56. The fraction of sp³-hybridized carbons (Fsp3) is 0.514. The van der Waals surface area contributed by atoms with Gasteiger partial charge in [0.1, 0.15) is 107 Å². The molecule has 108 heavy (non-hydrogen) atoms. The number of hydrogen-bond acceptors (Lipinski definition) is 21. The first-order valence-electron chi connectivity index (χ1n) is 35.3. The predicted octanol–water partition coefficient (Wildman–Crippen LogP) is 18.2. The number of fused-ring (bicyclic) bond motifs is 2. The van der Waals surface area contributed by atoms with Gasteiger partial charge in [0.15, 0.2) is 12.6 Å². The summed E-state index contributed by atoms with van der Waals surface area (Å²) < 4.78 is 104. The van der Waals surface area contributed by atoms with Gasteiger partial charge in [-0.25, -0.2) is 13.2 Å². The molecule has 0 bridgehead atoms. The third-order valence-corrected chi connectivity index (χ3v) is 22.6. The maximum Gasteiger partial charge on any atom is 0.184 e. The molecule has 2 N–H and O–H groups in total. The molecule has 0 amide bonds. The van der Waals surface area contributed by atoms with Crippen molar-refractivity contribution in [3.8, 4) is 0 Å². The summed E-state index contributed by atoms with van der Waals surface area (Å²) in [6, 6.07) is 46.2. The number of unbranched alkanes of at least 4 members (excludes halogenated alkanes) is 2. The number of hydrogen-bond donors (Lipinski definition) is 2. The number of rotatable bonds is 25. The quantitative estimate of drug-likeness (QED) is 0.0233. The molecule has 27 nitrogen and oxygen atoms in total. The molecule has 0 saturated carbocycles. The van der Waals surface area contributed by atoms with E-state index in [1.165, 1.54) is 47.0 Å². The normalized spacial score (nSPS) is 30.3. The second-order valence-corrected chi connectivity index (χ2v) is 30.5. The van der Waals surface area contributed by atoms with Crippen molar-refractivity contribution in [3.05, 3.63) is 243 Å². The van der Waals surface area contributed by atoms with Gasteiger partial charge >= 0.3 is 0 Å². The van der Waals surface area contributed by atoms with Crippen LogP contribution in [0.4, 0.5) is 13.2 Å². The molecule has 6 fully saturated rings. The summed E-state index contributed by atoms with van der Waals surface area (Å²) in [5, 5.41) is 38.8. The summed E-state index contributed by atoms with van der Waals surface area (Å²) in [4.78, 5) is 17.7. The number of halogens is 3. The van der Waals surface area contributed by atoms with Gasteiger partial charge in [0.2, 0.25) is 0 Å². The van der Waals surface area contributed by atoms with Crippen LogP contribution in [-0.2, 0) is 47.4 Å². The van der Waals surface area contributed by atoms with Crippen LogP contribution in [0, 0.1) is 27.7 Å². The highest BCUT2D eigenvalue weighted by Gasteiger charge is 2.53. The van der Waals surface area contributed by atoms with E-state index in [1.54, 1.807) is 0 Å². The summed E-state index contributed by atoms with van der Waals surface area (Å²) in [5.41, 5.74) is 47.8. The Morgan fingerprint density at radius 3 is 1.16 bits per heavy atom. The van der Waals surface area contributed by atoms with Crippen molar-refractivity contribution in [3.63, 3.8) is 0 Å². The average Bonchev–Trinajstić information content (AvgIpc) is 0.791. The van der Waals surface area contributed by atoms with E-state index in [4.69, 9.17) is 75.0 Å². The summed E-state index contributed by atoms with van der Waals surface area (Å²) in [5.74, 6) is 0. The maximum absolute atomic E-state index is 15.3. The molecule has 34 heteroatoms. The highest BCUT2D eigenvalue weighted by Crippen LogP contribution is 2.45. The van der Waals surface area contributed by atoms with E-state index < -0.39 is 132 Å². The van der Waals surface area contributed by atoms with Crippen LogP contribution in [0.1, 0.15) is 85.5 Å². The van der Waals surface area contributed by atoms with Crippen LogP contribution in [0.15, 0.2) is 203 Å². The van der Waals surface area contributed by atoms with Crippen molar-refractivity contribution in [2.24, 2.45) is 25.6 Å². The molecule has 0 aliphatic carbocycles. The smallest absolute Gasteiger partial charge is 0.184 e. The molecule has 0 spiro atoms. The largest absolute Gasteiger partial charge is 0.394 e. The Labute approximate surface area is 641 Å². The van der Waals surface area contributed by atoms with Gasteiger partial charge < -0.3 is 57.6 Å². The third kappa shape index (κ3) is 23.8. The van der Waals surface area contributed by atoms with Gasteiger partial charge in [0.05, 0.1) is 38.6 Å². The number of nitrogens with zero attached hydrogens (tertiary/aromatic N) is 15. The predicted molar refractivity (Wildman–Crippen MR) is 406 cm³/mol. The van der Waals surface area contributed by atoms with E-state index in [0.29, 0.717) is 13.2 Å². The van der Waals surface area contributed by atoms with E-state index in [-0.39, 0.29) is 26.4 Å². The van der Waals surface area contributed by atoms with E-state index in [2.05, 4.69) is 50.1 Å². The average molecular weight is 1560 g/mol. The number of aliphatic hydroxyl groups excluding tert-OH is 2. The van der Waals surface area contributed by atoms with Crippen LogP contribution in [0.25, 0.3) is 52.2 Å². The molecule has 576 valence electrons. The van der Waals surface area contributed by atoms with Crippen molar-refractivity contribution in [1.29, 1.82) is 0 Å². The lowest BCUT2D eigenvalue weighted by molar-refractivity contribution is -0.305. The first-order chi connectivity index (χ1) is 52.5. The van der Waals surface area contributed by atoms with Crippen LogP contribution in [0.2, 0.25) is 0 Å². The number of azide groups is 5. The Morgan fingerprint density at radius 2 is 0.778 bits per heavy atom. The highest BCUT2D eigenvalue weighted by atomic mass is 32.2. The fourth-order valence-corrected chi connectivity index (χ4v) is 16.5. The van der Waals surface area contributed by atoms with Gasteiger partial charge in [-0.05, 0) is 117 Å². The van der Waals surface area contributed by atoms with E-state index >= 15 is 8.78 Å². The van der Waals surface area contributed by atoms with Gasteiger partial charge in [-0.3, -0.25) is 0 Å². The standard InChI is InChI=1S/C20H20FN3O3S.C20H21N3O4S.C17H23FN6O2S.C17H24FN3O3S/c1-12-7-9-14(10-8-12)28-20-17(23-24-22)16(21)18-15(26-20)11-25-19(27-18)13-5-3-2-4-6-13;1-12-7-9-14(10-8-12)28-20-16(22-23-21)17(24)18-15(26-20)11-25-19(27-18)13-5-3-2-4-6-13;1-3-4-9-25-16-13(10-21-23-19)26-17(15(14(16)18)22-24-20)27-12-7-5-11(2)6-8-12;1-3-4-9-23-16-13(10-22)24-17(15(14(16)18)20-21-19)25-12-7-5-11(2)6-8-12/h2-10,15-20H,11H2,1H3;2-10,15-20,24H,11H2,1H3;5-8,13-17H,3-4,9-10H2,1-2H3;5-8,13-17,22H,3-4,9-10H2,1-2H3/t15-,16-,17-,18-,19?,20+;15-,16-,17+,18-,19?,20+;2*13-,14-,15-,16-,17+/m1111/s1. The molecule has 0 aromatic heterocycles.